The molecule has 0 spiro atoms. The molecule has 152 valence electrons. The van der Waals surface area contributed by atoms with Crippen molar-refractivity contribution in [1.29, 1.82) is 0 Å². The molecule has 1 saturated heterocycles. The van der Waals surface area contributed by atoms with Crippen LogP contribution in [0, 0.1) is 17.0 Å². The zero-order valence-corrected chi connectivity index (χ0v) is 16.5. The molecule has 29 heavy (non-hydrogen) atoms. The van der Waals surface area contributed by atoms with Crippen molar-refractivity contribution in [2.45, 2.75) is 13.5 Å². The van der Waals surface area contributed by atoms with E-state index in [1.807, 2.05) is 6.07 Å². The van der Waals surface area contributed by atoms with Gasteiger partial charge >= 0.3 is 5.97 Å². The molecule has 8 heteroatoms. The van der Waals surface area contributed by atoms with E-state index in [9.17, 15) is 19.7 Å². The Labute approximate surface area is 168 Å². The third-order valence-electron chi connectivity index (χ3n) is 4.94. The van der Waals surface area contributed by atoms with Crippen molar-refractivity contribution in [2.24, 2.45) is 0 Å². The van der Waals surface area contributed by atoms with Crippen LogP contribution in [0.15, 0.2) is 42.5 Å². The molecule has 8 nitrogen and oxygen atoms in total. The van der Waals surface area contributed by atoms with Gasteiger partial charge in [0.25, 0.3) is 11.6 Å². The topological polar surface area (TPSA) is 93.0 Å². The quantitative estimate of drug-likeness (QED) is 0.437. The number of rotatable bonds is 5. The van der Waals surface area contributed by atoms with Crippen molar-refractivity contribution < 1.29 is 19.2 Å². The van der Waals surface area contributed by atoms with Crippen molar-refractivity contribution in [2.75, 3.05) is 33.3 Å². The number of non-ortho nitro benzene ring substituents is 1. The molecule has 0 radical (unpaired) electrons. The number of ether oxygens (including phenoxy) is 1. The summed E-state index contributed by atoms with van der Waals surface area (Å²) >= 11 is 0. The highest BCUT2D eigenvalue weighted by Crippen LogP contribution is 2.20. The third-order valence-corrected chi connectivity index (χ3v) is 4.94. The fourth-order valence-corrected chi connectivity index (χ4v) is 3.44. The minimum Gasteiger partial charge on any atom is -0.465 e. The number of benzene rings is 2. The Morgan fingerprint density at radius 1 is 1.07 bits per heavy atom. The van der Waals surface area contributed by atoms with Crippen LogP contribution in [0.2, 0.25) is 0 Å². The highest BCUT2D eigenvalue weighted by atomic mass is 16.6. The molecule has 2 aromatic rings. The molecule has 1 aliphatic rings. The van der Waals surface area contributed by atoms with Crippen LogP contribution in [-0.2, 0) is 11.3 Å². The van der Waals surface area contributed by atoms with E-state index in [-0.39, 0.29) is 22.7 Å². The molecule has 1 aliphatic heterocycles. The van der Waals surface area contributed by atoms with Crippen LogP contribution in [0.5, 0.6) is 0 Å². The van der Waals surface area contributed by atoms with Crippen LogP contribution in [0.3, 0.4) is 0 Å². The lowest BCUT2D eigenvalue weighted by Gasteiger charge is -2.34. The average Bonchev–Trinajstić information content (AvgIpc) is 2.73. The molecule has 1 amide bonds. The fraction of sp³-hybridized carbons (Fsp3) is 0.333. The van der Waals surface area contributed by atoms with E-state index < -0.39 is 10.9 Å². The third kappa shape index (κ3) is 4.97. The maximum atomic E-state index is 12.9. The van der Waals surface area contributed by atoms with Gasteiger partial charge in [-0.05, 0) is 18.6 Å². The van der Waals surface area contributed by atoms with Crippen molar-refractivity contribution in [3.05, 3.63) is 74.8 Å². The molecular weight excluding hydrogens is 374 g/mol. The van der Waals surface area contributed by atoms with Crippen LogP contribution in [-0.4, -0.2) is 59.9 Å². The van der Waals surface area contributed by atoms with Crippen molar-refractivity contribution >= 4 is 17.6 Å². The molecule has 0 saturated carbocycles. The molecule has 0 aromatic heterocycles. The van der Waals surface area contributed by atoms with Crippen LogP contribution < -0.4 is 0 Å². The second-order valence-corrected chi connectivity index (χ2v) is 7.07. The minimum absolute atomic E-state index is 0.0110. The van der Waals surface area contributed by atoms with E-state index in [4.69, 9.17) is 0 Å². The average molecular weight is 397 g/mol. The maximum Gasteiger partial charge on any atom is 0.338 e. The lowest BCUT2D eigenvalue weighted by Crippen LogP contribution is -2.48. The van der Waals surface area contributed by atoms with Gasteiger partial charge in [-0.25, -0.2) is 4.79 Å². The molecule has 1 heterocycles. The summed E-state index contributed by atoms with van der Waals surface area (Å²) in [4.78, 5) is 39.2. The number of piperazine rings is 1. The Balaban J connectivity index is 1.69. The summed E-state index contributed by atoms with van der Waals surface area (Å²) in [6, 6.07) is 12.0. The van der Waals surface area contributed by atoms with Gasteiger partial charge in [0.15, 0.2) is 0 Å². The lowest BCUT2D eigenvalue weighted by molar-refractivity contribution is -0.384. The van der Waals surface area contributed by atoms with E-state index in [0.29, 0.717) is 26.2 Å². The van der Waals surface area contributed by atoms with Gasteiger partial charge in [-0.2, -0.15) is 0 Å². The number of esters is 1. The Bertz CT molecular complexity index is 936. The predicted octanol–water partition coefficient (Wildman–Crippen LogP) is 2.65. The predicted molar refractivity (Wildman–Crippen MR) is 107 cm³/mol. The number of hydrogen-bond acceptors (Lipinski definition) is 6. The van der Waals surface area contributed by atoms with Gasteiger partial charge in [-0.15, -0.1) is 0 Å². The number of carbonyl (C=O) groups excluding carboxylic acids is 2. The standard InChI is InChI=1S/C21H23N3O5/c1-15-4-3-5-16(10-15)14-22-6-8-23(9-7-22)20(25)17-11-18(21(26)29-2)13-19(12-17)24(27)28/h3-5,10-13H,6-9,14H2,1-2H3. The van der Waals surface area contributed by atoms with Gasteiger partial charge in [0.1, 0.15) is 0 Å². The second kappa shape index (κ2) is 8.83. The maximum absolute atomic E-state index is 12.9. The van der Waals surface area contributed by atoms with Gasteiger partial charge in [0.2, 0.25) is 0 Å². The molecule has 0 bridgehead atoms. The van der Waals surface area contributed by atoms with Gasteiger partial charge in [0.05, 0.1) is 17.6 Å². The van der Waals surface area contributed by atoms with Gasteiger partial charge in [-0.3, -0.25) is 19.8 Å². The first-order valence-corrected chi connectivity index (χ1v) is 9.32. The molecule has 1 fully saturated rings. The second-order valence-electron chi connectivity index (χ2n) is 7.07. The summed E-state index contributed by atoms with van der Waals surface area (Å²) in [6.45, 7) is 5.31. The number of nitro groups is 1. The van der Waals surface area contributed by atoms with Gasteiger partial charge in [-0.1, -0.05) is 29.8 Å². The van der Waals surface area contributed by atoms with E-state index in [2.05, 4.69) is 34.8 Å². The Morgan fingerprint density at radius 3 is 2.38 bits per heavy atom. The van der Waals surface area contributed by atoms with Crippen LogP contribution >= 0.6 is 0 Å². The van der Waals surface area contributed by atoms with E-state index in [1.165, 1.54) is 30.4 Å². The SMILES string of the molecule is COC(=O)c1cc(C(=O)N2CCN(Cc3cccc(C)c3)CC2)cc([N+](=O)[O-])c1. The number of nitrogens with zero attached hydrogens (tertiary/aromatic N) is 3. The Morgan fingerprint density at radius 2 is 1.76 bits per heavy atom. The number of amides is 1. The highest BCUT2D eigenvalue weighted by molar-refractivity contribution is 5.99. The Kier molecular flexibility index (Phi) is 6.23. The highest BCUT2D eigenvalue weighted by Gasteiger charge is 2.25. The molecule has 0 aliphatic carbocycles. The van der Waals surface area contributed by atoms with Gasteiger partial charge in [0, 0.05) is 50.4 Å². The number of aryl methyl sites for hydroxylation is 1. The van der Waals surface area contributed by atoms with Crippen LogP contribution in [0.25, 0.3) is 0 Å². The Hall–Kier alpha value is -3.26. The molecular formula is C21H23N3O5. The zero-order chi connectivity index (χ0) is 21.0. The minimum atomic E-state index is -0.717. The summed E-state index contributed by atoms with van der Waals surface area (Å²) < 4.78 is 4.64. The first-order valence-electron chi connectivity index (χ1n) is 9.32. The van der Waals surface area contributed by atoms with E-state index >= 15 is 0 Å². The largest absolute Gasteiger partial charge is 0.465 e. The van der Waals surface area contributed by atoms with Crippen molar-refractivity contribution in [3.8, 4) is 0 Å². The first-order chi connectivity index (χ1) is 13.9. The molecule has 0 N–H and O–H groups in total. The number of carbonyl (C=O) groups is 2. The summed E-state index contributed by atoms with van der Waals surface area (Å²) in [5, 5.41) is 11.2. The summed E-state index contributed by atoms with van der Waals surface area (Å²) in [6.07, 6.45) is 0. The number of hydrogen-bond donors (Lipinski definition) is 0. The van der Waals surface area contributed by atoms with Crippen LogP contribution in [0.4, 0.5) is 5.69 Å². The molecule has 3 rings (SSSR count). The zero-order valence-electron chi connectivity index (χ0n) is 16.5. The summed E-state index contributed by atoms with van der Waals surface area (Å²) in [7, 11) is 1.19. The first kappa shape index (κ1) is 20.5. The number of methoxy groups -OCH3 is 1. The summed E-state index contributed by atoms with van der Waals surface area (Å²) in [5.74, 6) is -1.04. The molecule has 2 aromatic carbocycles. The lowest BCUT2D eigenvalue weighted by atomic mass is 10.1. The van der Waals surface area contributed by atoms with Gasteiger partial charge < -0.3 is 9.64 Å². The van der Waals surface area contributed by atoms with Crippen molar-refractivity contribution in [1.82, 2.24) is 9.80 Å². The normalized spacial score (nSPS) is 14.5. The van der Waals surface area contributed by atoms with E-state index in [1.54, 1.807) is 4.90 Å². The fourth-order valence-electron chi connectivity index (χ4n) is 3.44. The summed E-state index contributed by atoms with van der Waals surface area (Å²) in [5.41, 5.74) is 2.23. The molecule has 0 unspecified atom stereocenters. The smallest absolute Gasteiger partial charge is 0.338 e. The van der Waals surface area contributed by atoms with Crippen LogP contribution in [0.1, 0.15) is 31.8 Å². The van der Waals surface area contributed by atoms with E-state index in [0.717, 1.165) is 12.6 Å². The monoisotopic (exact) mass is 397 g/mol. The van der Waals surface area contributed by atoms with Crippen molar-refractivity contribution in [3.63, 3.8) is 0 Å². The number of nitro benzene ring substituents is 1. The molecule has 0 atom stereocenters.